The van der Waals surface area contributed by atoms with Gasteiger partial charge in [0.1, 0.15) is 16.0 Å². The number of nitrogens with zero attached hydrogens (tertiary/aromatic N) is 1. The molecular weight excluding hydrogens is 439 g/mol. The molecule has 2 aromatic rings. The quantitative estimate of drug-likeness (QED) is 0.544. The Labute approximate surface area is 170 Å². The molecule has 3 rings (SSSR count). The van der Waals surface area contributed by atoms with Gasteiger partial charge in [0.25, 0.3) is 0 Å². The number of ether oxygens (including phenoxy) is 3. The van der Waals surface area contributed by atoms with Crippen LogP contribution in [0.2, 0.25) is 0 Å². The van der Waals surface area contributed by atoms with E-state index in [-0.39, 0.29) is 6.79 Å². The van der Waals surface area contributed by atoms with Gasteiger partial charge < -0.3 is 14.2 Å². The molecule has 0 N–H and O–H groups in total. The van der Waals surface area contributed by atoms with Crippen molar-refractivity contribution in [3.63, 3.8) is 0 Å². The van der Waals surface area contributed by atoms with E-state index in [1.54, 1.807) is 26.4 Å². The zero-order valence-electron chi connectivity index (χ0n) is 15.6. The molecule has 8 heteroatoms. The fourth-order valence-electron chi connectivity index (χ4n) is 3.26. The molecule has 0 saturated heterocycles. The summed E-state index contributed by atoms with van der Waals surface area (Å²) in [4.78, 5) is 2.23. The average molecular weight is 460 g/mol. The molecule has 0 saturated carbocycles. The highest BCUT2D eigenvalue weighted by atomic mass is 79.9. The molecule has 0 aliphatic carbocycles. The lowest BCUT2D eigenvalue weighted by Crippen LogP contribution is -2.19. The first-order valence-corrected chi connectivity index (χ1v) is 9.51. The van der Waals surface area contributed by atoms with E-state index >= 15 is 0 Å². The van der Waals surface area contributed by atoms with Crippen LogP contribution in [0.5, 0.6) is 11.5 Å². The number of hydrogen-bond acceptors (Lipinski definition) is 4. The maximum atomic E-state index is 12.7. The highest BCUT2D eigenvalue weighted by molar-refractivity contribution is 9.10. The molecule has 152 valence electrons. The SMILES string of the molecule is COCOc1c(Br)c(OC)cc2c1CN(CCc1ccc(C(F)(F)F)cc1)C2. The standard InChI is InChI=1S/C20H21BrF3NO3/c1-26-12-28-19-16-11-25(10-14(16)9-17(27-2)18(19)21)8-7-13-3-5-15(6-4-13)20(22,23)24/h3-6,9H,7-8,10-12H2,1-2H3. The largest absolute Gasteiger partial charge is 0.495 e. The molecule has 0 bridgehead atoms. The first kappa shape index (κ1) is 21.0. The molecule has 4 nitrogen and oxygen atoms in total. The van der Waals surface area contributed by atoms with Gasteiger partial charge in [-0.3, -0.25) is 4.90 Å². The second kappa shape index (κ2) is 8.71. The van der Waals surface area contributed by atoms with E-state index in [4.69, 9.17) is 14.2 Å². The highest BCUT2D eigenvalue weighted by Gasteiger charge is 2.30. The Morgan fingerprint density at radius 3 is 2.43 bits per heavy atom. The molecular formula is C20H21BrF3NO3. The second-order valence-corrected chi connectivity index (χ2v) is 7.36. The summed E-state index contributed by atoms with van der Waals surface area (Å²) in [7, 11) is 3.16. The third-order valence-electron chi connectivity index (χ3n) is 4.70. The van der Waals surface area contributed by atoms with Crippen LogP contribution in [-0.2, 0) is 30.4 Å². The molecule has 0 spiro atoms. The Hall–Kier alpha value is -1.77. The molecule has 0 atom stereocenters. The molecule has 0 amide bonds. The van der Waals surface area contributed by atoms with E-state index < -0.39 is 11.7 Å². The molecule has 2 aromatic carbocycles. The minimum Gasteiger partial charge on any atom is -0.495 e. The Morgan fingerprint density at radius 1 is 1.11 bits per heavy atom. The Kier molecular flexibility index (Phi) is 6.52. The summed E-state index contributed by atoms with van der Waals surface area (Å²) in [6, 6.07) is 7.33. The molecule has 1 aliphatic rings. The predicted octanol–water partition coefficient (Wildman–Crippen LogP) is 5.02. The molecule has 0 unspecified atom stereocenters. The minimum atomic E-state index is -4.31. The number of halogens is 4. The topological polar surface area (TPSA) is 30.9 Å². The van der Waals surface area contributed by atoms with Gasteiger partial charge in [0.15, 0.2) is 6.79 Å². The van der Waals surface area contributed by atoms with Crippen LogP contribution < -0.4 is 9.47 Å². The summed E-state index contributed by atoms with van der Waals surface area (Å²) in [5, 5.41) is 0. The third-order valence-corrected chi connectivity index (χ3v) is 5.45. The van der Waals surface area contributed by atoms with Gasteiger partial charge in [0.2, 0.25) is 0 Å². The number of rotatable bonds is 7. The van der Waals surface area contributed by atoms with Gasteiger partial charge in [-0.25, -0.2) is 0 Å². The normalized spacial score (nSPS) is 14.2. The Balaban J connectivity index is 1.69. The summed E-state index contributed by atoms with van der Waals surface area (Å²) in [6.45, 7) is 2.27. The summed E-state index contributed by atoms with van der Waals surface area (Å²) in [5.41, 5.74) is 2.43. The second-order valence-electron chi connectivity index (χ2n) is 6.57. The lowest BCUT2D eigenvalue weighted by atomic mass is 10.1. The van der Waals surface area contributed by atoms with Crippen molar-refractivity contribution in [2.45, 2.75) is 25.7 Å². The van der Waals surface area contributed by atoms with Crippen molar-refractivity contribution in [2.75, 3.05) is 27.6 Å². The summed E-state index contributed by atoms with van der Waals surface area (Å²) in [5.74, 6) is 1.39. The number of benzene rings is 2. The van der Waals surface area contributed by atoms with Crippen LogP contribution >= 0.6 is 15.9 Å². The number of alkyl halides is 3. The van der Waals surface area contributed by atoms with Crippen molar-refractivity contribution in [1.82, 2.24) is 4.90 Å². The fraction of sp³-hybridized carbons (Fsp3) is 0.400. The molecule has 28 heavy (non-hydrogen) atoms. The van der Waals surface area contributed by atoms with Crippen LogP contribution in [0.3, 0.4) is 0 Å². The third kappa shape index (κ3) is 4.61. The fourth-order valence-corrected chi connectivity index (χ4v) is 3.89. The summed E-state index contributed by atoms with van der Waals surface area (Å²) < 4.78 is 55.0. The molecule has 0 aromatic heterocycles. The van der Waals surface area contributed by atoms with Crippen molar-refractivity contribution in [2.24, 2.45) is 0 Å². The van der Waals surface area contributed by atoms with Crippen molar-refractivity contribution >= 4 is 15.9 Å². The predicted molar refractivity (Wildman–Crippen MR) is 102 cm³/mol. The lowest BCUT2D eigenvalue weighted by Gasteiger charge is -2.16. The van der Waals surface area contributed by atoms with Crippen molar-refractivity contribution in [3.8, 4) is 11.5 Å². The van der Waals surface area contributed by atoms with Crippen LogP contribution in [0, 0.1) is 0 Å². The van der Waals surface area contributed by atoms with E-state index in [9.17, 15) is 13.2 Å². The van der Waals surface area contributed by atoms with Gasteiger partial charge in [0.05, 0.1) is 12.7 Å². The smallest absolute Gasteiger partial charge is 0.416 e. The molecule has 1 heterocycles. The highest BCUT2D eigenvalue weighted by Crippen LogP contribution is 2.43. The maximum absolute atomic E-state index is 12.7. The van der Waals surface area contributed by atoms with Gasteiger partial charge in [-0.05, 0) is 51.7 Å². The minimum absolute atomic E-state index is 0.129. The zero-order chi connectivity index (χ0) is 20.3. The van der Waals surface area contributed by atoms with E-state index in [2.05, 4.69) is 20.8 Å². The molecule has 1 aliphatic heterocycles. The number of methoxy groups -OCH3 is 2. The van der Waals surface area contributed by atoms with Crippen molar-refractivity contribution in [1.29, 1.82) is 0 Å². The summed E-state index contributed by atoms with van der Waals surface area (Å²) >= 11 is 3.53. The maximum Gasteiger partial charge on any atom is 0.416 e. The Morgan fingerprint density at radius 2 is 1.82 bits per heavy atom. The van der Waals surface area contributed by atoms with Crippen molar-refractivity contribution in [3.05, 3.63) is 57.1 Å². The summed E-state index contributed by atoms with van der Waals surface area (Å²) in [6.07, 6.45) is -3.64. The average Bonchev–Trinajstić information content (AvgIpc) is 3.07. The van der Waals surface area contributed by atoms with Gasteiger partial charge in [0, 0.05) is 32.3 Å². The van der Waals surface area contributed by atoms with Crippen LogP contribution in [0.4, 0.5) is 13.2 Å². The Bertz CT molecular complexity index is 825. The molecule has 0 radical (unpaired) electrons. The van der Waals surface area contributed by atoms with Crippen LogP contribution in [-0.4, -0.2) is 32.5 Å². The van der Waals surface area contributed by atoms with Gasteiger partial charge >= 0.3 is 6.18 Å². The first-order chi connectivity index (χ1) is 13.3. The van der Waals surface area contributed by atoms with Gasteiger partial charge in [-0.1, -0.05) is 12.1 Å². The van der Waals surface area contributed by atoms with E-state index in [0.29, 0.717) is 24.5 Å². The van der Waals surface area contributed by atoms with Crippen molar-refractivity contribution < 1.29 is 27.4 Å². The van der Waals surface area contributed by atoms with Gasteiger partial charge in [-0.2, -0.15) is 13.2 Å². The van der Waals surface area contributed by atoms with Crippen LogP contribution in [0.25, 0.3) is 0 Å². The first-order valence-electron chi connectivity index (χ1n) is 8.72. The number of fused-ring (bicyclic) bond motifs is 1. The van der Waals surface area contributed by atoms with Gasteiger partial charge in [-0.15, -0.1) is 0 Å². The van der Waals surface area contributed by atoms with Crippen LogP contribution in [0.15, 0.2) is 34.8 Å². The number of hydrogen-bond donors (Lipinski definition) is 0. The van der Waals surface area contributed by atoms with E-state index in [1.165, 1.54) is 0 Å². The molecule has 0 fully saturated rings. The zero-order valence-corrected chi connectivity index (χ0v) is 17.2. The van der Waals surface area contributed by atoms with Crippen LogP contribution in [0.1, 0.15) is 22.3 Å². The lowest BCUT2D eigenvalue weighted by molar-refractivity contribution is -0.137. The van der Waals surface area contributed by atoms with E-state index in [0.717, 1.165) is 46.4 Å². The monoisotopic (exact) mass is 459 g/mol. The van der Waals surface area contributed by atoms with E-state index in [1.807, 2.05) is 6.07 Å².